The second-order valence-electron chi connectivity index (χ2n) is 2.51. The van der Waals surface area contributed by atoms with Crippen LogP contribution in [0.5, 0.6) is 0 Å². The maximum Gasteiger partial charge on any atom is 0.121 e. The Hall–Kier alpha value is -0.410. The molecule has 0 radical (unpaired) electrons. The predicted molar refractivity (Wildman–Crippen MR) is 42.1 cm³/mol. The van der Waals surface area contributed by atoms with Gasteiger partial charge in [-0.3, -0.25) is 0 Å². The number of carbonyl (C=O) groups is 1. The zero-order valence-corrected chi connectivity index (χ0v) is 6.76. The van der Waals surface area contributed by atoms with Gasteiger partial charge in [-0.1, -0.05) is 0 Å². The van der Waals surface area contributed by atoms with E-state index in [0.717, 1.165) is 25.9 Å². The molecule has 0 aromatic rings. The molecule has 0 fully saturated rings. The molecule has 0 saturated carbocycles. The first-order valence-corrected chi connectivity index (χ1v) is 3.56. The van der Waals surface area contributed by atoms with E-state index in [-0.39, 0.29) is 0 Å². The van der Waals surface area contributed by atoms with Gasteiger partial charge in [-0.05, 0) is 14.1 Å². The Balaban J connectivity index is 2.83. The molecule has 0 saturated heterocycles. The van der Waals surface area contributed by atoms with Crippen molar-refractivity contribution in [3.8, 4) is 0 Å². The molecule has 0 aromatic heterocycles. The molecule has 3 nitrogen and oxygen atoms in total. The van der Waals surface area contributed by atoms with Gasteiger partial charge in [-0.15, -0.1) is 0 Å². The smallest absolute Gasteiger partial charge is 0.121 e. The van der Waals surface area contributed by atoms with Gasteiger partial charge in [0.15, 0.2) is 0 Å². The summed E-state index contributed by atoms with van der Waals surface area (Å²) >= 11 is 0. The number of likely N-dealkylation sites (N-methyl/N-ethyl adjacent to an activating group) is 1. The van der Waals surface area contributed by atoms with Crippen molar-refractivity contribution in [2.24, 2.45) is 0 Å². The summed E-state index contributed by atoms with van der Waals surface area (Å²) < 4.78 is 0. The van der Waals surface area contributed by atoms with Crippen LogP contribution in [0.2, 0.25) is 0 Å². The summed E-state index contributed by atoms with van der Waals surface area (Å²) in [5.41, 5.74) is 0. The molecule has 0 rings (SSSR count). The van der Waals surface area contributed by atoms with Crippen molar-refractivity contribution >= 4 is 6.29 Å². The fourth-order valence-electron chi connectivity index (χ4n) is 0.589. The molecule has 0 aliphatic heterocycles. The third-order valence-corrected chi connectivity index (χ3v) is 1.17. The molecule has 3 heteroatoms. The van der Waals surface area contributed by atoms with Gasteiger partial charge in [0, 0.05) is 26.1 Å². The van der Waals surface area contributed by atoms with Crippen LogP contribution in [0.15, 0.2) is 0 Å². The molecular formula is C7H16N2O. The zero-order chi connectivity index (χ0) is 7.82. The van der Waals surface area contributed by atoms with Crippen molar-refractivity contribution < 1.29 is 4.79 Å². The topological polar surface area (TPSA) is 32.3 Å². The van der Waals surface area contributed by atoms with E-state index in [1.807, 2.05) is 14.1 Å². The number of carbonyl (C=O) groups excluding carboxylic acids is 1. The van der Waals surface area contributed by atoms with Gasteiger partial charge in [-0.2, -0.15) is 0 Å². The van der Waals surface area contributed by atoms with E-state index in [2.05, 4.69) is 10.2 Å². The molecular weight excluding hydrogens is 128 g/mol. The van der Waals surface area contributed by atoms with Gasteiger partial charge >= 0.3 is 0 Å². The minimum Gasteiger partial charge on any atom is -0.315 e. The minimum atomic E-state index is 0.618. The SMILES string of the molecule is CN(C)CCNCCC=O. The fraction of sp³-hybridized carbons (Fsp3) is 0.857. The van der Waals surface area contributed by atoms with Crippen molar-refractivity contribution in [2.75, 3.05) is 33.7 Å². The minimum absolute atomic E-state index is 0.618. The van der Waals surface area contributed by atoms with Crippen LogP contribution in [-0.2, 0) is 4.79 Å². The number of nitrogens with one attached hydrogen (secondary N) is 1. The summed E-state index contributed by atoms with van der Waals surface area (Å²) in [6.07, 6.45) is 1.55. The number of aldehydes is 1. The van der Waals surface area contributed by atoms with Crippen LogP contribution in [-0.4, -0.2) is 44.9 Å². The molecule has 0 amide bonds. The van der Waals surface area contributed by atoms with E-state index < -0.39 is 0 Å². The van der Waals surface area contributed by atoms with Crippen LogP contribution in [0.25, 0.3) is 0 Å². The lowest BCUT2D eigenvalue weighted by Crippen LogP contribution is -2.27. The van der Waals surface area contributed by atoms with Crippen molar-refractivity contribution in [2.45, 2.75) is 6.42 Å². The van der Waals surface area contributed by atoms with E-state index in [1.165, 1.54) is 0 Å². The average molecular weight is 144 g/mol. The van der Waals surface area contributed by atoms with E-state index in [1.54, 1.807) is 0 Å². The zero-order valence-electron chi connectivity index (χ0n) is 6.76. The van der Waals surface area contributed by atoms with E-state index >= 15 is 0 Å². The van der Waals surface area contributed by atoms with Crippen LogP contribution >= 0.6 is 0 Å². The third-order valence-electron chi connectivity index (χ3n) is 1.17. The third kappa shape index (κ3) is 7.59. The lowest BCUT2D eigenvalue weighted by molar-refractivity contribution is -0.107. The van der Waals surface area contributed by atoms with Gasteiger partial charge in [-0.25, -0.2) is 0 Å². The average Bonchev–Trinajstić information content (AvgIpc) is 1.87. The van der Waals surface area contributed by atoms with Crippen molar-refractivity contribution in [1.82, 2.24) is 10.2 Å². The summed E-state index contributed by atoms with van der Waals surface area (Å²) in [6.45, 7) is 2.79. The van der Waals surface area contributed by atoms with E-state index in [0.29, 0.717) is 6.42 Å². The standard InChI is InChI=1S/C7H16N2O/c1-9(2)6-5-8-4-3-7-10/h7-8H,3-6H2,1-2H3. The summed E-state index contributed by atoms with van der Waals surface area (Å²) in [5.74, 6) is 0. The highest BCUT2D eigenvalue weighted by Crippen LogP contribution is 1.71. The Morgan fingerprint density at radius 1 is 1.40 bits per heavy atom. The molecule has 10 heavy (non-hydrogen) atoms. The summed E-state index contributed by atoms with van der Waals surface area (Å²) in [4.78, 5) is 12.0. The van der Waals surface area contributed by atoms with Gasteiger partial charge in [0.25, 0.3) is 0 Å². The monoisotopic (exact) mass is 144 g/mol. The summed E-state index contributed by atoms with van der Waals surface area (Å²) in [5, 5.41) is 3.14. The first-order valence-electron chi connectivity index (χ1n) is 3.56. The quantitative estimate of drug-likeness (QED) is 0.411. The van der Waals surface area contributed by atoms with Crippen LogP contribution in [0.3, 0.4) is 0 Å². The van der Waals surface area contributed by atoms with E-state index in [9.17, 15) is 4.79 Å². The van der Waals surface area contributed by atoms with Crippen LogP contribution < -0.4 is 5.32 Å². The summed E-state index contributed by atoms with van der Waals surface area (Å²) in [7, 11) is 4.06. The Labute approximate surface area is 62.4 Å². The van der Waals surface area contributed by atoms with Crippen LogP contribution in [0, 0.1) is 0 Å². The molecule has 0 aliphatic rings. The lowest BCUT2D eigenvalue weighted by Gasteiger charge is -2.08. The summed E-state index contributed by atoms with van der Waals surface area (Å²) in [6, 6.07) is 0. The highest BCUT2D eigenvalue weighted by Gasteiger charge is 1.88. The first-order chi connectivity index (χ1) is 4.77. The molecule has 1 N–H and O–H groups in total. The first kappa shape index (κ1) is 9.59. The second-order valence-corrected chi connectivity index (χ2v) is 2.51. The van der Waals surface area contributed by atoms with Gasteiger partial charge < -0.3 is 15.0 Å². The van der Waals surface area contributed by atoms with Gasteiger partial charge in [0.05, 0.1) is 0 Å². The Morgan fingerprint density at radius 2 is 2.10 bits per heavy atom. The Bertz CT molecular complexity index is 83.7. The number of nitrogens with zero attached hydrogens (tertiary/aromatic N) is 1. The maximum absolute atomic E-state index is 9.85. The fourth-order valence-corrected chi connectivity index (χ4v) is 0.589. The van der Waals surface area contributed by atoms with Crippen molar-refractivity contribution in [3.63, 3.8) is 0 Å². The van der Waals surface area contributed by atoms with Crippen molar-refractivity contribution in [1.29, 1.82) is 0 Å². The largest absolute Gasteiger partial charge is 0.315 e. The highest BCUT2D eigenvalue weighted by molar-refractivity contribution is 5.49. The molecule has 0 spiro atoms. The molecule has 60 valence electrons. The normalized spacial score (nSPS) is 10.3. The number of rotatable bonds is 6. The maximum atomic E-state index is 9.85. The number of hydrogen-bond acceptors (Lipinski definition) is 3. The molecule has 0 aliphatic carbocycles. The Kier molecular flexibility index (Phi) is 6.43. The molecule has 0 aromatic carbocycles. The Morgan fingerprint density at radius 3 is 2.60 bits per heavy atom. The second kappa shape index (κ2) is 6.71. The number of hydrogen-bond donors (Lipinski definition) is 1. The van der Waals surface area contributed by atoms with Gasteiger partial charge in [0.1, 0.15) is 6.29 Å². The molecule has 0 heterocycles. The molecule has 0 unspecified atom stereocenters. The predicted octanol–water partition coefficient (Wildman–Crippen LogP) is -0.273. The van der Waals surface area contributed by atoms with Crippen molar-refractivity contribution in [3.05, 3.63) is 0 Å². The molecule has 0 atom stereocenters. The van der Waals surface area contributed by atoms with Crippen LogP contribution in [0.4, 0.5) is 0 Å². The van der Waals surface area contributed by atoms with Gasteiger partial charge in [0.2, 0.25) is 0 Å². The lowest BCUT2D eigenvalue weighted by atomic mass is 10.4. The van der Waals surface area contributed by atoms with E-state index in [4.69, 9.17) is 0 Å². The molecule has 0 bridgehead atoms. The van der Waals surface area contributed by atoms with Crippen LogP contribution in [0.1, 0.15) is 6.42 Å². The highest BCUT2D eigenvalue weighted by atomic mass is 16.1.